The van der Waals surface area contributed by atoms with Crippen molar-refractivity contribution in [2.75, 3.05) is 0 Å². The monoisotopic (exact) mass is 822 g/mol. The minimum absolute atomic E-state index is 0.0217. The van der Waals surface area contributed by atoms with E-state index in [-0.39, 0.29) is 34.4 Å². The summed E-state index contributed by atoms with van der Waals surface area (Å²) >= 11 is 0. The predicted octanol–water partition coefficient (Wildman–Crippen LogP) is 2.25. The van der Waals surface area contributed by atoms with Gasteiger partial charge >= 0.3 is 17.9 Å². The molecular formula is C42H62O16. The zero-order chi connectivity index (χ0) is 42.9. The number of hydrogen-bond donors (Lipinski definition) is 8. The van der Waals surface area contributed by atoms with E-state index >= 15 is 0 Å². The van der Waals surface area contributed by atoms with Crippen molar-refractivity contribution in [3.8, 4) is 0 Å². The summed E-state index contributed by atoms with van der Waals surface area (Å²) in [7, 11) is 0. The Labute approximate surface area is 337 Å². The van der Waals surface area contributed by atoms with Crippen molar-refractivity contribution in [3.63, 3.8) is 0 Å². The molecule has 6 fully saturated rings. The van der Waals surface area contributed by atoms with Crippen molar-refractivity contribution >= 4 is 23.7 Å². The van der Waals surface area contributed by atoms with Crippen LogP contribution in [0.2, 0.25) is 0 Å². The number of ether oxygens (including phenoxy) is 4. The Kier molecular flexibility index (Phi) is 10.7. The Morgan fingerprint density at radius 1 is 0.690 bits per heavy atom. The molecule has 7 rings (SSSR count). The van der Waals surface area contributed by atoms with Gasteiger partial charge in [-0.15, -0.1) is 0 Å². The van der Waals surface area contributed by atoms with Gasteiger partial charge in [-0.2, -0.15) is 0 Å². The van der Waals surface area contributed by atoms with Crippen LogP contribution in [0.25, 0.3) is 0 Å². The average Bonchev–Trinajstić information content (AvgIpc) is 3.13. The van der Waals surface area contributed by atoms with Crippen molar-refractivity contribution in [3.05, 3.63) is 11.6 Å². The van der Waals surface area contributed by atoms with Gasteiger partial charge in [0, 0.05) is 5.92 Å². The quantitative estimate of drug-likeness (QED) is 0.171. The molecule has 2 heterocycles. The number of rotatable bonds is 7. The van der Waals surface area contributed by atoms with E-state index in [1.54, 1.807) is 0 Å². The van der Waals surface area contributed by atoms with E-state index in [0.717, 1.165) is 37.7 Å². The lowest BCUT2D eigenvalue weighted by atomic mass is 9.33. The molecule has 19 atom stereocenters. The molecule has 16 heteroatoms. The number of aliphatic hydroxyl groups is 5. The van der Waals surface area contributed by atoms with Gasteiger partial charge in [0.2, 0.25) is 0 Å². The number of ketones is 1. The third kappa shape index (κ3) is 6.25. The molecular weight excluding hydrogens is 760 g/mol. The van der Waals surface area contributed by atoms with Gasteiger partial charge in [0.15, 0.2) is 30.6 Å². The summed E-state index contributed by atoms with van der Waals surface area (Å²) in [5, 5.41) is 83.0. The van der Waals surface area contributed by atoms with Gasteiger partial charge < -0.3 is 59.8 Å². The van der Waals surface area contributed by atoms with Crippen LogP contribution in [0.15, 0.2) is 11.6 Å². The maximum atomic E-state index is 14.8. The summed E-state index contributed by atoms with van der Waals surface area (Å²) in [5.74, 6) is -4.47. The van der Waals surface area contributed by atoms with Crippen molar-refractivity contribution in [2.45, 2.75) is 174 Å². The van der Waals surface area contributed by atoms with Crippen LogP contribution in [0.1, 0.15) is 106 Å². The molecule has 0 radical (unpaired) electrons. The summed E-state index contributed by atoms with van der Waals surface area (Å²) in [4.78, 5) is 51.3. The second-order valence-electron chi connectivity index (χ2n) is 20.6. The maximum absolute atomic E-state index is 14.8. The first kappa shape index (κ1) is 43.5. The maximum Gasteiger partial charge on any atom is 0.335 e. The molecule has 4 saturated carbocycles. The molecule has 0 aromatic carbocycles. The lowest BCUT2D eigenvalue weighted by molar-refractivity contribution is -0.371. The molecule has 0 amide bonds. The van der Waals surface area contributed by atoms with E-state index in [0.29, 0.717) is 25.7 Å². The molecule has 8 N–H and O–H groups in total. The number of carbonyl (C=O) groups is 4. The number of carbonyl (C=O) groups excluding carboxylic acids is 1. The lowest BCUT2D eigenvalue weighted by Crippen LogP contribution is -2.68. The van der Waals surface area contributed by atoms with Crippen molar-refractivity contribution in [1.29, 1.82) is 0 Å². The smallest absolute Gasteiger partial charge is 0.335 e. The Balaban J connectivity index is 1.17. The topological polar surface area (TPSA) is 267 Å². The Hall–Kier alpha value is -2.54. The van der Waals surface area contributed by atoms with Crippen molar-refractivity contribution < 1.29 is 79.0 Å². The summed E-state index contributed by atoms with van der Waals surface area (Å²) < 4.78 is 23.4. The molecule has 7 aliphatic rings. The highest BCUT2D eigenvalue weighted by atomic mass is 16.8. The van der Waals surface area contributed by atoms with Crippen LogP contribution in [-0.4, -0.2) is 132 Å². The Morgan fingerprint density at radius 2 is 1.28 bits per heavy atom. The third-order valence-electron chi connectivity index (χ3n) is 17.2. The molecule has 58 heavy (non-hydrogen) atoms. The predicted molar refractivity (Wildman–Crippen MR) is 199 cm³/mol. The standard InChI is InChI=1S/C42H62O16/c1-37(2)21-8-11-42(7)31(20(43)16-18-19-17-39(4,36(53)54)13-12-38(19,3)14-15-41(18,42)6)40(21,5)10-9-22(37)55-35-30(26(47)25(46)29(57-35)33(51)52)58-34-27(48)23(44)24(45)28(56-34)32(49)50/h16,19,21-31,34-35,44-48H,8-15,17H2,1-7H3,(H,49,50)(H,51,52)(H,53,54)/t19-,21-,22-,23-,24+,25+,26-,27-,28-,29-,30+,31+,34-,35-,38-,39-,40+,41+,42-/m0/s1. The number of aliphatic carboxylic acids is 3. The second-order valence-corrected chi connectivity index (χ2v) is 20.6. The summed E-state index contributed by atoms with van der Waals surface area (Å²) in [5.41, 5.74) is -1.81. The molecule has 326 valence electrons. The summed E-state index contributed by atoms with van der Waals surface area (Å²) in [6.07, 6.45) is -12.2. The van der Waals surface area contributed by atoms with Crippen LogP contribution >= 0.6 is 0 Å². The second kappa shape index (κ2) is 14.3. The van der Waals surface area contributed by atoms with E-state index < -0.39 is 107 Å². The van der Waals surface area contributed by atoms with Gasteiger partial charge in [-0.3, -0.25) is 9.59 Å². The minimum Gasteiger partial charge on any atom is -0.481 e. The molecule has 0 aromatic heterocycles. The fourth-order valence-electron chi connectivity index (χ4n) is 13.4. The number of fused-ring (bicyclic) bond motifs is 7. The van der Waals surface area contributed by atoms with Gasteiger partial charge in [0.1, 0.15) is 36.6 Å². The number of aliphatic hydroxyl groups excluding tert-OH is 5. The number of carboxylic acids is 3. The van der Waals surface area contributed by atoms with Crippen LogP contribution < -0.4 is 0 Å². The molecule has 16 nitrogen and oxygen atoms in total. The average molecular weight is 823 g/mol. The highest BCUT2D eigenvalue weighted by Gasteiger charge is 2.71. The van der Waals surface area contributed by atoms with Gasteiger partial charge in [0.05, 0.1) is 11.5 Å². The molecule has 2 aliphatic heterocycles. The zero-order valence-electron chi connectivity index (χ0n) is 34.4. The first-order chi connectivity index (χ1) is 26.8. The summed E-state index contributed by atoms with van der Waals surface area (Å²) in [6, 6.07) is 0. The van der Waals surface area contributed by atoms with Gasteiger partial charge in [-0.1, -0.05) is 47.1 Å². The van der Waals surface area contributed by atoms with Crippen LogP contribution in [-0.2, 0) is 38.1 Å². The highest BCUT2D eigenvalue weighted by molar-refractivity contribution is 5.95. The van der Waals surface area contributed by atoms with E-state index in [2.05, 4.69) is 27.7 Å². The first-order valence-electron chi connectivity index (χ1n) is 20.7. The fourth-order valence-corrected chi connectivity index (χ4v) is 13.4. The van der Waals surface area contributed by atoms with E-state index in [1.807, 2.05) is 26.8 Å². The molecule has 0 spiro atoms. The minimum atomic E-state index is -2.05. The molecule has 0 bridgehead atoms. The molecule has 5 aliphatic carbocycles. The molecule has 0 aromatic rings. The Morgan fingerprint density at radius 3 is 1.88 bits per heavy atom. The summed E-state index contributed by atoms with van der Waals surface area (Å²) in [6.45, 7) is 14.8. The SMILES string of the molecule is CC1(C)[C@@H](O[C@H]2O[C@H](C(=O)O)[C@H](O)[C@H](O)[C@H]2O[C@@H]2O[C@H](C(=O)O)[C@H](O)[C@H](O)[C@@H]2O)CC[C@@]2(C)[C@H]3C(=O)C=C4[C@@H]5C[C@@](C)(C(=O)O)CC[C@@]5(C)CC[C@@]4(C)[C@@]3(C)CC[C@@H]12. The highest BCUT2D eigenvalue weighted by Crippen LogP contribution is 2.75. The Bertz CT molecular complexity index is 1730. The fraction of sp³-hybridized carbons (Fsp3) is 0.857. The third-order valence-corrected chi connectivity index (χ3v) is 17.2. The van der Waals surface area contributed by atoms with Gasteiger partial charge in [-0.05, 0) is 110 Å². The van der Waals surface area contributed by atoms with Gasteiger partial charge in [-0.25, -0.2) is 9.59 Å². The van der Waals surface area contributed by atoms with E-state index in [4.69, 9.17) is 18.9 Å². The largest absolute Gasteiger partial charge is 0.481 e. The van der Waals surface area contributed by atoms with Crippen LogP contribution in [0.5, 0.6) is 0 Å². The number of allylic oxidation sites excluding steroid dienone is 2. The van der Waals surface area contributed by atoms with Crippen LogP contribution in [0.4, 0.5) is 0 Å². The lowest BCUT2D eigenvalue weighted by Gasteiger charge is -2.70. The normalized spacial score (nSPS) is 52.6. The number of hydrogen-bond acceptors (Lipinski definition) is 13. The van der Waals surface area contributed by atoms with E-state index in [9.17, 15) is 60.0 Å². The van der Waals surface area contributed by atoms with E-state index in [1.165, 1.54) is 0 Å². The van der Waals surface area contributed by atoms with Crippen molar-refractivity contribution in [2.24, 2.45) is 50.2 Å². The van der Waals surface area contributed by atoms with Crippen LogP contribution in [0, 0.1) is 50.2 Å². The van der Waals surface area contributed by atoms with Crippen molar-refractivity contribution in [1.82, 2.24) is 0 Å². The first-order valence-corrected chi connectivity index (χ1v) is 20.7. The zero-order valence-corrected chi connectivity index (χ0v) is 34.4. The molecule has 2 saturated heterocycles. The number of carboxylic acid groups (broad SMARTS) is 3. The van der Waals surface area contributed by atoms with Gasteiger partial charge in [0.25, 0.3) is 0 Å². The molecule has 0 unspecified atom stereocenters. The van der Waals surface area contributed by atoms with Crippen LogP contribution in [0.3, 0.4) is 0 Å².